The standard InChI is InChI=1S/C32H41N5O9S.C27H33N5O7S/c1-7-18-16-32(18,29(39)35-47(41,42)21-9-10-21)34-27(38)24-15-20(17-37(24)30(40)46-31(2,3)4)45-28-22-11-8-19(43-6)14-23(22)25-26(33-28)36(5)12-13-44-25;1-4-15-13-27(15,26(34)31-40(35,36)18-6-7-18)30-24(33)21-12-17(14-28-21)39-25-19-8-5-16(37-3)11-20(19)22-23(29-25)32(2)9-10-38-22/h7-8,11,14,18,20-21,24H,1,9-10,12-13,15-17H2,2-6H3,(H,34,38)(H,35,39);4-5,8,11,15,17-18,21,28H,1,6-7,9-10,12-14H2,2-3H3,(H,30,33)(H,31,34)/t18-,20-,24+,32-;15-,17-,21+,27-/m11/s1. The molecule has 6 fully saturated rings. The van der Waals surface area contributed by atoms with Crippen molar-refractivity contribution < 1.29 is 74.0 Å². The summed E-state index contributed by atoms with van der Waals surface area (Å²) in [6.45, 7) is 15.4. The smallest absolute Gasteiger partial charge is 0.411 e. The van der Waals surface area contributed by atoms with Crippen LogP contribution < -0.4 is 63.6 Å². The molecule has 2 saturated heterocycles. The Morgan fingerprint density at radius 2 is 1.16 bits per heavy atom. The molecule has 87 heavy (non-hydrogen) atoms. The molecule has 4 aromatic rings. The normalized spacial score (nSPS) is 26.3. The fourth-order valence-corrected chi connectivity index (χ4v) is 14.2. The molecule has 4 aliphatic carbocycles. The second-order valence-corrected chi connectivity index (χ2v) is 28.3. The van der Waals surface area contributed by atoms with E-state index in [1.807, 2.05) is 54.2 Å². The Morgan fingerprint density at radius 3 is 1.60 bits per heavy atom. The van der Waals surface area contributed by atoms with E-state index in [1.165, 1.54) is 11.0 Å². The molecule has 8 atom stereocenters. The summed E-state index contributed by atoms with van der Waals surface area (Å²) in [5, 5.41) is 10.6. The summed E-state index contributed by atoms with van der Waals surface area (Å²) in [4.78, 5) is 81.7. The molecule has 0 radical (unpaired) electrons. The summed E-state index contributed by atoms with van der Waals surface area (Å²) >= 11 is 0. The number of pyridine rings is 2. The van der Waals surface area contributed by atoms with Gasteiger partial charge in [-0.15, -0.1) is 13.2 Å². The van der Waals surface area contributed by atoms with Crippen LogP contribution in [0.25, 0.3) is 21.5 Å². The summed E-state index contributed by atoms with van der Waals surface area (Å²) < 4.78 is 95.4. The molecular formula is C59H74N10O16S2. The van der Waals surface area contributed by atoms with Crippen LogP contribution in [0.5, 0.6) is 34.8 Å². The molecule has 6 heterocycles. The zero-order chi connectivity index (χ0) is 62.1. The van der Waals surface area contributed by atoms with Crippen LogP contribution in [-0.4, -0.2) is 181 Å². The molecule has 468 valence electrons. The van der Waals surface area contributed by atoms with Crippen LogP contribution in [-0.2, 0) is 44.0 Å². The van der Waals surface area contributed by atoms with Crippen molar-refractivity contribution >= 4 is 82.9 Å². The maximum atomic E-state index is 13.9. The van der Waals surface area contributed by atoms with Gasteiger partial charge in [0.15, 0.2) is 23.1 Å². The Kier molecular flexibility index (Phi) is 16.1. The highest BCUT2D eigenvalue weighted by atomic mass is 32.2. The molecule has 4 saturated carbocycles. The van der Waals surface area contributed by atoms with Gasteiger partial charge < -0.3 is 58.9 Å². The molecule has 0 bridgehead atoms. The van der Waals surface area contributed by atoms with E-state index in [4.69, 9.17) is 43.1 Å². The molecule has 2 aromatic heterocycles. The van der Waals surface area contributed by atoms with Crippen LogP contribution in [0.4, 0.5) is 16.4 Å². The molecule has 28 heteroatoms. The van der Waals surface area contributed by atoms with Gasteiger partial charge >= 0.3 is 6.09 Å². The van der Waals surface area contributed by atoms with E-state index in [0.717, 1.165) is 16.2 Å². The van der Waals surface area contributed by atoms with E-state index in [9.17, 15) is 40.8 Å². The number of amides is 5. The number of hydrogen-bond donors (Lipinski definition) is 5. The number of aromatic nitrogens is 2. The zero-order valence-corrected chi connectivity index (χ0v) is 51.3. The van der Waals surface area contributed by atoms with Crippen molar-refractivity contribution in [1.82, 2.24) is 40.3 Å². The minimum absolute atomic E-state index is 0.00407. The maximum absolute atomic E-state index is 13.9. The molecule has 8 aliphatic rings. The Hall–Kier alpha value is -7.85. The van der Waals surface area contributed by atoms with Gasteiger partial charge in [-0.3, -0.25) is 33.5 Å². The number of fused-ring (bicyclic) bond motifs is 6. The first-order valence-electron chi connectivity index (χ1n) is 29.1. The van der Waals surface area contributed by atoms with E-state index >= 15 is 0 Å². The number of sulfonamides is 2. The van der Waals surface area contributed by atoms with Gasteiger partial charge in [0.25, 0.3) is 11.8 Å². The van der Waals surface area contributed by atoms with E-state index in [1.54, 1.807) is 47.1 Å². The quantitative estimate of drug-likeness (QED) is 0.0892. The number of likely N-dealkylation sites (tertiary alicyclic amines) is 1. The van der Waals surface area contributed by atoms with Crippen LogP contribution in [0.2, 0.25) is 0 Å². The van der Waals surface area contributed by atoms with Crippen LogP contribution >= 0.6 is 0 Å². The first-order valence-corrected chi connectivity index (χ1v) is 32.2. The third-order valence-corrected chi connectivity index (χ3v) is 20.6. The second-order valence-electron chi connectivity index (χ2n) is 24.4. The fourth-order valence-electron chi connectivity index (χ4n) is 11.5. The van der Waals surface area contributed by atoms with Gasteiger partial charge in [-0.2, -0.15) is 9.97 Å². The van der Waals surface area contributed by atoms with Crippen molar-refractivity contribution in [2.24, 2.45) is 11.8 Å². The summed E-state index contributed by atoms with van der Waals surface area (Å²) in [7, 11) is -0.568. The van der Waals surface area contributed by atoms with Gasteiger partial charge in [0.2, 0.25) is 43.6 Å². The number of carbonyl (C=O) groups excluding carboxylic acids is 5. The molecule has 4 aliphatic heterocycles. The van der Waals surface area contributed by atoms with Gasteiger partial charge in [0.1, 0.15) is 59.6 Å². The molecule has 12 rings (SSSR count). The maximum Gasteiger partial charge on any atom is 0.411 e. The van der Waals surface area contributed by atoms with Crippen molar-refractivity contribution in [3.63, 3.8) is 0 Å². The topological polar surface area (TPSA) is 314 Å². The highest BCUT2D eigenvalue weighted by Crippen LogP contribution is 2.48. The van der Waals surface area contributed by atoms with Crippen molar-refractivity contribution in [2.75, 3.05) is 77.5 Å². The van der Waals surface area contributed by atoms with Gasteiger partial charge in [-0.1, -0.05) is 12.2 Å². The number of likely N-dealkylation sites (N-methyl/N-ethyl adjacent to an activating group) is 2. The number of benzene rings is 2. The Balaban J connectivity index is 0.000000182. The first-order chi connectivity index (χ1) is 41.3. The molecule has 0 spiro atoms. The minimum atomic E-state index is -3.85. The summed E-state index contributed by atoms with van der Waals surface area (Å²) in [5.74, 6) is 1.18. The summed E-state index contributed by atoms with van der Waals surface area (Å²) in [6.07, 6.45) is 4.21. The van der Waals surface area contributed by atoms with Crippen molar-refractivity contribution in [1.29, 1.82) is 0 Å². The monoisotopic (exact) mass is 1240 g/mol. The number of methoxy groups -OCH3 is 2. The van der Waals surface area contributed by atoms with Crippen LogP contribution in [0.1, 0.15) is 72.1 Å². The number of nitrogens with one attached hydrogen (secondary N) is 5. The largest absolute Gasteiger partial charge is 0.497 e. The third-order valence-electron chi connectivity index (χ3n) is 16.9. The van der Waals surface area contributed by atoms with Crippen LogP contribution in [0.3, 0.4) is 0 Å². The lowest BCUT2D eigenvalue weighted by atomic mass is 10.1. The molecule has 5 amide bonds. The Bertz CT molecular complexity index is 3710. The second kappa shape index (κ2) is 23.0. The molecule has 5 N–H and O–H groups in total. The van der Waals surface area contributed by atoms with Crippen LogP contribution in [0.15, 0.2) is 61.7 Å². The number of carbonyl (C=O) groups is 5. The highest BCUT2D eigenvalue weighted by Gasteiger charge is 2.63. The predicted molar refractivity (Wildman–Crippen MR) is 319 cm³/mol. The first kappa shape index (κ1) is 60.8. The van der Waals surface area contributed by atoms with Gasteiger partial charge in [0.05, 0.1) is 50.4 Å². The Labute approximate surface area is 504 Å². The van der Waals surface area contributed by atoms with Gasteiger partial charge in [0, 0.05) is 66.9 Å². The van der Waals surface area contributed by atoms with E-state index in [0.29, 0.717) is 123 Å². The fraction of sp³-hybridized carbons (Fsp3) is 0.542. The number of ether oxygens (including phenoxy) is 7. The third kappa shape index (κ3) is 12.3. The number of anilines is 2. The van der Waals surface area contributed by atoms with E-state index in [-0.39, 0.29) is 31.4 Å². The van der Waals surface area contributed by atoms with Crippen molar-refractivity contribution in [3.05, 3.63) is 61.7 Å². The average molecular weight is 1240 g/mol. The number of rotatable bonds is 18. The average Bonchev–Trinajstić information content (AvgIpc) is 1.65. The van der Waals surface area contributed by atoms with Gasteiger partial charge in [-0.25, -0.2) is 21.6 Å². The summed E-state index contributed by atoms with van der Waals surface area (Å²) in [5.41, 5.74) is -3.67. The van der Waals surface area contributed by atoms with Crippen molar-refractivity contribution in [2.45, 2.75) is 124 Å². The lowest BCUT2D eigenvalue weighted by Crippen LogP contribution is -2.56. The van der Waals surface area contributed by atoms with Crippen LogP contribution in [0, 0.1) is 11.8 Å². The van der Waals surface area contributed by atoms with E-state index in [2.05, 4.69) is 38.6 Å². The molecule has 2 aromatic carbocycles. The minimum Gasteiger partial charge on any atom is -0.497 e. The van der Waals surface area contributed by atoms with E-state index < -0.39 is 101 Å². The summed E-state index contributed by atoms with van der Waals surface area (Å²) in [6, 6.07) is 9.34. The zero-order valence-electron chi connectivity index (χ0n) is 49.6. The number of nitrogens with zero attached hydrogens (tertiary/aromatic N) is 5. The van der Waals surface area contributed by atoms with Gasteiger partial charge in [-0.05, 0) is 95.7 Å². The van der Waals surface area contributed by atoms with Crippen molar-refractivity contribution in [3.8, 4) is 34.8 Å². The Morgan fingerprint density at radius 1 is 0.690 bits per heavy atom. The predicted octanol–water partition coefficient (Wildman–Crippen LogP) is 3.35. The lowest BCUT2D eigenvalue weighted by Gasteiger charge is -2.29. The number of hydrogen-bond acceptors (Lipinski definition) is 21. The lowest BCUT2D eigenvalue weighted by molar-refractivity contribution is -0.131. The SMILES string of the molecule is C=C[C@@H]1C[C@]1(NC(=O)[C@@H]1C[C@@H](Oc2nc3c(c4cc(OC)ccc24)OCCN3C)CN1)C(=O)NS(=O)(=O)C1CC1.C=C[C@@H]1C[C@]1(NC(=O)[C@@H]1C[C@@H](Oc2nc3c(c4cc(OC)ccc24)OCCN3C)CN1C(=O)OC(C)(C)C)C(=O)NS(=O)(=O)C1CC1. The molecule has 0 unspecified atom stereocenters. The molecular weight excluding hydrogens is 1170 g/mol. The molecule has 26 nitrogen and oxygen atoms in total. The highest BCUT2D eigenvalue weighted by molar-refractivity contribution is 7.91.